The summed E-state index contributed by atoms with van der Waals surface area (Å²) in [5.41, 5.74) is 2.94. The number of rotatable bonds is 5. The lowest BCUT2D eigenvalue weighted by Gasteiger charge is -2.03. The van der Waals surface area contributed by atoms with Gasteiger partial charge in [-0.3, -0.25) is 18.8 Å². The van der Waals surface area contributed by atoms with E-state index in [1.54, 1.807) is 28.8 Å². The van der Waals surface area contributed by atoms with Gasteiger partial charge in [0.15, 0.2) is 0 Å². The number of aryl methyl sites for hydroxylation is 3. The summed E-state index contributed by atoms with van der Waals surface area (Å²) in [6.45, 7) is 5.32. The Kier molecular flexibility index (Phi) is 4.52. The molecule has 126 valence electrons. The van der Waals surface area contributed by atoms with Gasteiger partial charge in [-0.1, -0.05) is 0 Å². The highest BCUT2D eigenvalue weighted by molar-refractivity contribution is 9.10. The minimum absolute atomic E-state index is 0.233. The van der Waals surface area contributed by atoms with Gasteiger partial charge >= 0.3 is 0 Å². The van der Waals surface area contributed by atoms with Crippen molar-refractivity contribution < 1.29 is 4.79 Å². The first-order chi connectivity index (χ1) is 11.5. The van der Waals surface area contributed by atoms with Crippen molar-refractivity contribution in [1.82, 2.24) is 29.3 Å². The Labute approximate surface area is 147 Å². The number of aromatic nitrogens is 6. The molecule has 3 aromatic heterocycles. The van der Waals surface area contributed by atoms with E-state index in [4.69, 9.17) is 0 Å². The zero-order valence-corrected chi connectivity index (χ0v) is 15.3. The fourth-order valence-corrected chi connectivity index (χ4v) is 2.95. The molecule has 24 heavy (non-hydrogen) atoms. The molecule has 0 aliphatic rings. The van der Waals surface area contributed by atoms with Crippen LogP contribution in [0.25, 0.3) is 0 Å². The number of hydrogen-bond acceptors (Lipinski definition) is 4. The normalized spacial score (nSPS) is 11.0. The lowest BCUT2D eigenvalue weighted by atomic mass is 10.3. The number of anilines is 1. The van der Waals surface area contributed by atoms with Gasteiger partial charge in [-0.2, -0.15) is 15.3 Å². The minimum Gasteiger partial charge on any atom is -0.318 e. The highest BCUT2D eigenvalue weighted by atomic mass is 79.9. The van der Waals surface area contributed by atoms with E-state index in [9.17, 15) is 4.79 Å². The summed E-state index contributed by atoms with van der Waals surface area (Å²) in [6.07, 6.45) is 7.21. The van der Waals surface area contributed by atoms with Crippen LogP contribution in [0.1, 0.15) is 28.7 Å². The zero-order valence-electron chi connectivity index (χ0n) is 13.7. The number of nitrogens with zero attached hydrogens (tertiary/aromatic N) is 6. The molecule has 0 aromatic carbocycles. The molecule has 0 saturated heterocycles. The Morgan fingerprint density at radius 3 is 2.62 bits per heavy atom. The number of halogens is 1. The molecule has 0 spiro atoms. The monoisotopic (exact) mass is 391 g/mol. The molecule has 9 heteroatoms. The molecule has 0 bridgehead atoms. The number of carbonyl (C=O) groups excluding carboxylic acids is 1. The molecule has 0 fully saturated rings. The molecule has 0 aliphatic heterocycles. The van der Waals surface area contributed by atoms with Gasteiger partial charge in [-0.15, -0.1) is 0 Å². The predicted octanol–water partition coefficient (Wildman–Crippen LogP) is 2.20. The molecule has 0 saturated carbocycles. The topological polar surface area (TPSA) is 82.6 Å². The smallest absolute Gasteiger partial charge is 0.275 e. The molecule has 0 atom stereocenters. The molecular formula is C15H18BrN7O. The summed E-state index contributed by atoms with van der Waals surface area (Å²) in [5.74, 6) is -0.233. The third-order valence-corrected chi connectivity index (χ3v) is 4.56. The summed E-state index contributed by atoms with van der Waals surface area (Å²) in [4.78, 5) is 12.4. The SMILES string of the molecule is CCn1cc(Cn2cc(NC(=O)c3c(Br)c(C)nn3C)cn2)cn1. The van der Waals surface area contributed by atoms with Gasteiger partial charge in [0.2, 0.25) is 0 Å². The third kappa shape index (κ3) is 3.25. The van der Waals surface area contributed by atoms with Gasteiger partial charge in [0.05, 0.1) is 34.8 Å². The number of hydrogen-bond donors (Lipinski definition) is 1. The van der Waals surface area contributed by atoms with Crippen molar-refractivity contribution in [2.75, 3.05) is 5.32 Å². The predicted molar refractivity (Wildman–Crippen MR) is 92.8 cm³/mol. The van der Waals surface area contributed by atoms with Crippen LogP contribution >= 0.6 is 15.9 Å². The molecular weight excluding hydrogens is 374 g/mol. The van der Waals surface area contributed by atoms with Crippen LogP contribution in [-0.2, 0) is 20.1 Å². The van der Waals surface area contributed by atoms with Gasteiger partial charge in [0.1, 0.15) is 5.69 Å². The largest absolute Gasteiger partial charge is 0.318 e. The van der Waals surface area contributed by atoms with Crippen molar-refractivity contribution in [3.8, 4) is 0 Å². The molecule has 0 radical (unpaired) electrons. The van der Waals surface area contributed by atoms with Crippen LogP contribution in [0.3, 0.4) is 0 Å². The van der Waals surface area contributed by atoms with E-state index >= 15 is 0 Å². The first-order valence-electron chi connectivity index (χ1n) is 7.52. The molecule has 0 aliphatic carbocycles. The molecule has 3 aromatic rings. The highest BCUT2D eigenvalue weighted by Crippen LogP contribution is 2.21. The van der Waals surface area contributed by atoms with Crippen LogP contribution in [0, 0.1) is 6.92 Å². The van der Waals surface area contributed by atoms with Gasteiger partial charge in [-0.25, -0.2) is 0 Å². The lowest BCUT2D eigenvalue weighted by molar-refractivity contribution is 0.101. The van der Waals surface area contributed by atoms with E-state index < -0.39 is 0 Å². The van der Waals surface area contributed by atoms with Crippen molar-refractivity contribution in [2.45, 2.75) is 26.9 Å². The first-order valence-corrected chi connectivity index (χ1v) is 8.31. The van der Waals surface area contributed by atoms with Crippen LogP contribution < -0.4 is 5.32 Å². The second-order valence-electron chi connectivity index (χ2n) is 5.46. The van der Waals surface area contributed by atoms with E-state index in [0.29, 0.717) is 22.4 Å². The van der Waals surface area contributed by atoms with Crippen LogP contribution in [0.5, 0.6) is 0 Å². The molecule has 3 heterocycles. The number of carbonyl (C=O) groups is 1. The second kappa shape index (κ2) is 6.60. The summed E-state index contributed by atoms with van der Waals surface area (Å²) in [5, 5.41) is 15.6. The second-order valence-corrected chi connectivity index (χ2v) is 6.25. The Hall–Kier alpha value is -2.42. The first kappa shape index (κ1) is 16.4. The lowest BCUT2D eigenvalue weighted by Crippen LogP contribution is -2.16. The molecule has 8 nitrogen and oxygen atoms in total. The van der Waals surface area contributed by atoms with E-state index in [-0.39, 0.29) is 5.91 Å². The molecule has 0 unspecified atom stereocenters. The van der Waals surface area contributed by atoms with E-state index in [1.807, 2.05) is 30.9 Å². The molecule has 3 rings (SSSR count). The standard InChI is InChI=1S/C15H18BrN7O/c1-4-22-7-11(5-17-22)8-23-9-12(6-18-23)19-15(24)14-13(16)10(2)20-21(14)3/h5-7,9H,4,8H2,1-3H3,(H,19,24). The Morgan fingerprint density at radius 2 is 2.00 bits per heavy atom. The van der Waals surface area contributed by atoms with Crippen molar-refractivity contribution in [3.05, 3.63) is 46.2 Å². The van der Waals surface area contributed by atoms with Gasteiger partial charge in [0, 0.05) is 31.5 Å². The summed E-state index contributed by atoms with van der Waals surface area (Å²) >= 11 is 3.40. The van der Waals surface area contributed by atoms with E-state index in [2.05, 4.69) is 36.5 Å². The van der Waals surface area contributed by atoms with E-state index in [0.717, 1.165) is 17.8 Å². The van der Waals surface area contributed by atoms with Crippen LogP contribution in [-0.4, -0.2) is 35.2 Å². The average Bonchev–Trinajstić information content (AvgIpc) is 3.22. The molecule has 1 N–H and O–H groups in total. The highest BCUT2D eigenvalue weighted by Gasteiger charge is 2.18. The minimum atomic E-state index is -0.233. The average molecular weight is 392 g/mol. The Morgan fingerprint density at radius 1 is 1.25 bits per heavy atom. The summed E-state index contributed by atoms with van der Waals surface area (Å²) in [7, 11) is 1.74. The van der Waals surface area contributed by atoms with Crippen molar-refractivity contribution in [2.24, 2.45) is 7.05 Å². The van der Waals surface area contributed by atoms with Crippen LogP contribution in [0.15, 0.2) is 29.3 Å². The quantitative estimate of drug-likeness (QED) is 0.722. The Bertz CT molecular complexity index is 876. The summed E-state index contributed by atoms with van der Waals surface area (Å²) in [6, 6.07) is 0. The fourth-order valence-electron chi connectivity index (χ4n) is 2.43. The maximum Gasteiger partial charge on any atom is 0.275 e. The summed E-state index contributed by atoms with van der Waals surface area (Å²) < 4.78 is 5.88. The van der Waals surface area contributed by atoms with Crippen LogP contribution in [0.2, 0.25) is 0 Å². The van der Waals surface area contributed by atoms with Crippen LogP contribution in [0.4, 0.5) is 5.69 Å². The molecule has 1 amide bonds. The third-order valence-electron chi connectivity index (χ3n) is 3.61. The zero-order chi connectivity index (χ0) is 17.3. The van der Waals surface area contributed by atoms with Crippen molar-refractivity contribution >= 4 is 27.5 Å². The van der Waals surface area contributed by atoms with Gasteiger partial charge < -0.3 is 5.32 Å². The van der Waals surface area contributed by atoms with Crippen molar-refractivity contribution in [1.29, 1.82) is 0 Å². The van der Waals surface area contributed by atoms with E-state index in [1.165, 1.54) is 0 Å². The number of nitrogens with one attached hydrogen (secondary N) is 1. The fraction of sp³-hybridized carbons (Fsp3) is 0.333. The van der Waals surface area contributed by atoms with Gasteiger partial charge in [-0.05, 0) is 29.8 Å². The maximum atomic E-state index is 12.4. The maximum absolute atomic E-state index is 12.4. The number of amides is 1. The van der Waals surface area contributed by atoms with Crippen molar-refractivity contribution in [3.63, 3.8) is 0 Å². The Balaban J connectivity index is 1.70. The van der Waals surface area contributed by atoms with Gasteiger partial charge in [0.25, 0.3) is 5.91 Å².